The van der Waals surface area contributed by atoms with E-state index >= 15 is 0 Å². The van der Waals surface area contributed by atoms with Crippen molar-refractivity contribution in [1.29, 1.82) is 0 Å². The van der Waals surface area contributed by atoms with Crippen LogP contribution in [-0.2, 0) is 11.2 Å². The van der Waals surface area contributed by atoms with Crippen molar-refractivity contribution in [3.63, 3.8) is 0 Å². The van der Waals surface area contributed by atoms with Gasteiger partial charge >= 0.3 is 6.18 Å². The van der Waals surface area contributed by atoms with Crippen LogP contribution < -0.4 is 5.32 Å². The molecular formula is C12H13ClF3NO3. The Bertz CT molecular complexity index is 503. The molecule has 0 fully saturated rings. The summed E-state index contributed by atoms with van der Waals surface area (Å²) in [7, 11) is 0. The van der Waals surface area contributed by atoms with Crippen LogP contribution in [0, 0.1) is 0 Å². The Hall–Kier alpha value is -1.31. The summed E-state index contributed by atoms with van der Waals surface area (Å²) in [5, 5.41) is 19.9. The number of hydrogen-bond donors (Lipinski definition) is 3. The number of carbonyl (C=O) groups excluding carboxylic acids is 1. The third kappa shape index (κ3) is 3.62. The molecule has 1 aromatic carbocycles. The molecule has 0 aliphatic heterocycles. The first-order chi connectivity index (χ1) is 9.09. The number of benzene rings is 1. The summed E-state index contributed by atoms with van der Waals surface area (Å²) < 4.78 is 37.4. The molecule has 0 saturated heterocycles. The lowest BCUT2D eigenvalue weighted by Crippen LogP contribution is -2.52. The molecule has 0 aliphatic carbocycles. The molecule has 1 unspecified atom stereocenters. The third-order valence-electron chi connectivity index (χ3n) is 2.68. The lowest BCUT2D eigenvalue weighted by atomic mass is 10.1. The molecule has 1 amide bonds. The smallest absolute Gasteiger partial charge is 0.396 e. The molecule has 0 spiro atoms. The minimum absolute atomic E-state index is 0.0160. The van der Waals surface area contributed by atoms with Crippen LogP contribution in [0.1, 0.15) is 12.5 Å². The number of alkyl halides is 3. The first-order valence-corrected chi connectivity index (χ1v) is 5.97. The fraction of sp³-hybridized carbons (Fsp3) is 0.417. The number of nitrogens with one attached hydrogen (secondary N) is 1. The number of aliphatic hydroxyl groups is 2. The van der Waals surface area contributed by atoms with E-state index in [2.05, 4.69) is 0 Å². The maximum Gasteiger partial charge on any atom is 0.426 e. The van der Waals surface area contributed by atoms with Crippen LogP contribution in [0.25, 0.3) is 0 Å². The lowest BCUT2D eigenvalue weighted by Gasteiger charge is -2.25. The van der Waals surface area contributed by atoms with Crippen LogP contribution in [0.5, 0.6) is 0 Å². The number of amides is 1. The van der Waals surface area contributed by atoms with Gasteiger partial charge in [-0.25, -0.2) is 0 Å². The zero-order valence-electron chi connectivity index (χ0n) is 10.5. The number of hydrogen-bond acceptors (Lipinski definition) is 3. The van der Waals surface area contributed by atoms with Crippen molar-refractivity contribution >= 4 is 23.2 Å². The molecule has 0 saturated carbocycles. The molecule has 0 aromatic heterocycles. The highest BCUT2D eigenvalue weighted by molar-refractivity contribution is 6.33. The van der Waals surface area contributed by atoms with Gasteiger partial charge in [-0.1, -0.05) is 17.7 Å². The lowest BCUT2D eigenvalue weighted by molar-refractivity contribution is -0.242. The maximum absolute atomic E-state index is 12.5. The Labute approximate surface area is 118 Å². The zero-order chi connectivity index (χ0) is 15.6. The average Bonchev–Trinajstić information content (AvgIpc) is 2.31. The van der Waals surface area contributed by atoms with E-state index in [-0.39, 0.29) is 17.3 Å². The summed E-state index contributed by atoms with van der Waals surface area (Å²) in [4.78, 5) is 11.5. The Morgan fingerprint density at radius 1 is 1.40 bits per heavy atom. The van der Waals surface area contributed by atoms with Gasteiger partial charge in [0.05, 0.1) is 10.7 Å². The monoisotopic (exact) mass is 311 g/mol. The molecule has 112 valence electrons. The van der Waals surface area contributed by atoms with E-state index in [1.165, 1.54) is 18.2 Å². The third-order valence-corrected chi connectivity index (χ3v) is 2.99. The van der Waals surface area contributed by atoms with Gasteiger partial charge in [-0.05, 0) is 31.0 Å². The SMILES string of the molecule is CC(O)(C(=O)Nc1ccc(CCO)cc1Cl)C(F)(F)F. The van der Waals surface area contributed by atoms with E-state index in [1.54, 1.807) is 0 Å². The second-order valence-corrected chi connectivity index (χ2v) is 4.72. The molecular weight excluding hydrogens is 299 g/mol. The minimum Gasteiger partial charge on any atom is -0.396 e. The highest BCUT2D eigenvalue weighted by Gasteiger charge is 2.55. The summed E-state index contributed by atoms with van der Waals surface area (Å²) >= 11 is 5.81. The average molecular weight is 312 g/mol. The van der Waals surface area contributed by atoms with Gasteiger partial charge in [-0.15, -0.1) is 0 Å². The van der Waals surface area contributed by atoms with Crippen LogP contribution in [0.15, 0.2) is 18.2 Å². The highest BCUT2D eigenvalue weighted by atomic mass is 35.5. The summed E-state index contributed by atoms with van der Waals surface area (Å²) in [6, 6.07) is 4.22. The Morgan fingerprint density at radius 2 is 2.00 bits per heavy atom. The molecule has 0 bridgehead atoms. The van der Waals surface area contributed by atoms with E-state index < -0.39 is 17.7 Å². The Balaban J connectivity index is 2.92. The summed E-state index contributed by atoms with van der Waals surface area (Å²) in [6.07, 6.45) is -4.77. The highest BCUT2D eigenvalue weighted by Crippen LogP contribution is 2.32. The van der Waals surface area contributed by atoms with Crippen molar-refractivity contribution in [3.05, 3.63) is 28.8 Å². The predicted molar refractivity (Wildman–Crippen MR) is 67.6 cm³/mol. The second-order valence-electron chi connectivity index (χ2n) is 4.31. The van der Waals surface area contributed by atoms with Gasteiger partial charge in [0.25, 0.3) is 5.91 Å². The van der Waals surface area contributed by atoms with Crippen molar-refractivity contribution in [3.8, 4) is 0 Å². The summed E-state index contributed by atoms with van der Waals surface area (Å²) in [5.41, 5.74) is -2.90. The number of rotatable bonds is 4. The molecule has 4 nitrogen and oxygen atoms in total. The zero-order valence-corrected chi connectivity index (χ0v) is 11.2. The first kappa shape index (κ1) is 16.7. The van der Waals surface area contributed by atoms with Crippen molar-refractivity contribution in [2.75, 3.05) is 11.9 Å². The molecule has 1 rings (SSSR count). The van der Waals surface area contributed by atoms with Crippen molar-refractivity contribution in [2.45, 2.75) is 25.1 Å². The van der Waals surface area contributed by atoms with Gasteiger partial charge in [-0.3, -0.25) is 4.79 Å². The van der Waals surface area contributed by atoms with E-state index in [1.807, 2.05) is 5.32 Å². The quantitative estimate of drug-likeness (QED) is 0.798. The summed E-state index contributed by atoms with van der Waals surface area (Å²) in [6.45, 7) is 0.251. The van der Waals surface area contributed by atoms with Crippen LogP contribution in [-0.4, -0.2) is 34.5 Å². The van der Waals surface area contributed by atoms with E-state index in [0.717, 1.165) is 0 Å². The van der Waals surface area contributed by atoms with E-state index in [4.69, 9.17) is 16.7 Å². The van der Waals surface area contributed by atoms with Gasteiger partial charge in [-0.2, -0.15) is 13.2 Å². The molecule has 1 aromatic rings. The van der Waals surface area contributed by atoms with Crippen LogP contribution in [0.3, 0.4) is 0 Å². The normalized spacial score (nSPS) is 14.8. The number of carbonyl (C=O) groups is 1. The van der Waals surface area contributed by atoms with Crippen molar-refractivity contribution in [2.24, 2.45) is 0 Å². The Morgan fingerprint density at radius 3 is 2.45 bits per heavy atom. The fourth-order valence-corrected chi connectivity index (χ4v) is 1.57. The van der Waals surface area contributed by atoms with E-state index in [9.17, 15) is 23.1 Å². The number of aliphatic hydroxyl groups excluding tert-OH is 1. The van der Waals surface area contributed by atoms with Gasteiger partial charge in [0.2, 0.25) is 5.60 Å². The maximum atomic E-state index is 12.5. The molecule has 1 atom stereocenters. The van der Waals surface area contributed by atoms with Gasteiger partial charge < -0.3 is 15.5 Å². The fourth-order valence-electron chi connectivity index (χ4n) is 1.32. The standard InChI is InChI=1S/C12H13ClF3NO3/c1-11(20,12(14,15)16)10(19)17-9-3-2-7(4-5-18)6-8(9)13/h2-3,6,18,20H,4-5H2,1H3,(H,17,19). The topological polar surface area (TPSA) is 69.6 Å². The van der Waals surface area contributed by atoms with E-state index in [0.29, 0.717) is 18.9 Å². The molecule has 0 heterocycles. The summed E-state index contributed by atoms with van der Waals surface area (Å²) in [5.74, 6) is -1.62. The minimum atomic E-state index is -5.10. The number of halogens is 4. The molecule has 0 radical (unpaired) electrons. The van der Waals surface area contributed by atoms with Crippen LogP contribution in [0.4, 0.5) is 18.9 Å². The van der Waals surface area contributed by atoms with Crippen LogP contribution in [0.2, 0.25) is 5.02 Å². The van der Waals surface area contributed by atoms with Crippen molar-refractivity contribution < 1.29 is 28.2 Å². The molecule has 20 heavy (non-hydrogen) atoms. The Kier molecular flexibility index (Phi) is 5.01. The van der Waals surface area contributed by atoms with Gasteiger partial charge in [0.1, 0.15) is 0 Å². The largest absolute Gasteiger partial charge is 0.426 e. The van der Waals surface area contributed by atoms with Crippen LogP contribution >= 0.6 is 11.6 Å². The number of anilines is 1. The van der Waals surface area contributed by atoms with Gasteiger partial charge in [0.15, 0.2) is 0 Å². The first-order valence-electron chi connectivity index (χ1n) is 5.59. The molecule has 3 N–H and O–H groups in total. The molecule has 8 heteroatoms. The second kappa shape index (κ2) is 5.99. The van der Waals surface area contributed by atoms with Crippen molar-refractivity contribution in [1.82, 2.24) is 0 Å². The van der Waals surface area contributed by atoms with Gasteiger partial charge in [0, 0.05) is 6.61 Å². The molecule has 0 aliphatic rings. The predicted octanol–water partition coefficient (Wildman–Crippen LogP) is 2.13.